The monoisotopic (exact) mass is 292 g/mol. The van der Waals surface area contributed by atoms with E-state index in [0.29, 0.717) is 26.1 Å². The van der Waals surface area contributed by atoms with Gasteiger partial charge in [-0.25, -0.2) is 0 Å². The topological polar surface area (TPSA) is 45.9 Å². The van der Waals surface area contributed by atoms with Crippen LogP contribution in [-0.4, -0.2) is 61.6 Å². The third-order valence-electron chi connectivity index (χ3n) is 4.21. The van der Waals surface area contributed by atoms with Crippen LogP contribution in [0.5, 0.6) is 0 Å². The maximum Gasteiger partial charge on any atom is 0.227 e. The Labute approximate surface area is 125 Å². The smallest absolute Gasteiger partial charge is 0.227 e. The minimum atomic E-state index is 0.135. The van der Waals surface area contributed by atoms with E-state index in [1.807, 2.05) is 11.0 Å². The molecule has 2 fully saturated rings. The predicted octanol–water partition coefficient (Wildman–Crippen LogP) is 1.39. The van der Waals surface area contributed by atoms with Gasteiger partial charge in [-0.15, -0.1) is 0 Å². The number of carbonyl (C=O) groups excluding carboxylic acids is 1. The van der Waals surface area contributed by atoms with Crippen molar-refractivity contribution in [2.24, 2.45) is 5.92 Å². The second kappa shape index (κ2) is 6.62. The lowest BCUT2D eigenvalue weighted by Gasteiger charge is -2.35. The Bertz CT molecular complexity index is 456. The van der Waals surface area contributed by atoms with E-state index in [-0.39, 0.29) is 12.0 Å². The van der Waals surface area contributed by atoms with Crippen molar-refractivity contribution >= 4 is 5.91 Å². The predicted molar refractivity (Wildman–Crippen MR) is 79.0 cm³/mol. The molecule has 2 aliphatic rings. The lowest BCUT2D eigenvalue weighted by atomic mass is 10.2. The molecular formula is C16H24N2O3. The molecule has 0 spiro atoms. The Hall–Kier alpha value is -1.33. The minimum Gasteiger partial charge on any atom is -0.472 e. The number of hydrogen-bond acceptors (Lipinski definition) is 4. The van der Waals surface area contributed by atoms with Crippen LogP contribution < -0.4 is 0 Å². The molecule has 0 bridgehead atoms. The van der Waals surface area contributed by atoms with Crippen LogP contribution in [0.1, 0.15) is 18.4 Å². The summed E-state index contributed by atoms with van der Waals surface area (Å²) < 4.78 is 10.8. The van der Waals surface area contributed by atoms with Crippen molar-refractivity contribution in [2.45, 2.75) is 25.4 Å². The quantitative estimate of drug-likeness (QED) is 0.795. The summed E-state index contributed by atoms with van der Waals surface area (Å²) in [6, 6.07) is 1.85. The zero-order valence-corrected chi connectivity index (χ0v) is 12.7. The highest BCUT2D eigenvalue weighted by Crippen LogP contribution is 2.29. The number of hydrogen-bond donors (Lipinski definition) is 0. The van der Waals surface area contributed by atoms with Crippen LogP contribution in [0.15, 0.2) is 23.0 Å². The molecule has 1 saturated carbocycles. The Balaban J connectivity index is 1.46. The van der Waals surface area contributed by atoms with E-state index in [1.54, 1.807) is 12.5 Å². The molecule has 1 saturated heterocycles. The lowest BCUT2D eigenvalue weighted by Crippen LogP contribution is -2.49. The Morgan fingerprint density at radius 3 is 3.00 bits per heavy atom. The van der Waals surface area contributed by atoms with Gasteiger partial charge in [0.15, 0.2) is 0 Å². The fourth-order valence-corrected chi connectivity index (χ4v) is 2.90. The summed E-state index contributed by atoms with van der Waals surface area (Å²) in [6.45, 7) is 4.10. The zero-order chi connectivity index (χ0) is 14.7. The number of amides is 1. The summed E-state index contributed by atoms with van der Waals surface area (Å²) in [6.07, 6.45) is 6.53. The Kier molecular flexibility index (Phi) is 4.60. The first kappa shape index (κ1) is 14.6. The van der Waals surface area contributed by atoms with E-state index in [4.69, 9.17) is 9.15 Å². The van der Waals surface area contributed by atoms with Gasteiger partial charge in [0, 0.05) is 26.2 Å². The number of rotatable bonds is 6. The molecule has 0 N–H and O–H groups in total. The van der Waals surface area contributed by atoms with Crippen LogP contribution in [0.4, 0.5) is 0 Å². The normalized spacial score (nSPS) is 22.8. The van der Waals surface area contributed by atoms with Crippen LogP contribution >= 0.6 is 0 Å². The number of ether oxygens (including phenoxy) is 1. The summed E-state index contributed by atoms with van der Waals surface area (Å²) in [5.74, 6) is 1.05. The fourth-order valence-electron chi connectivity index (χ4n) is 2.90. The van der Waals surface area contributed by atoms with E-state index in [2.05, 4.69) is 11.9 Å². The van der Waals surface area contributed by atoms with Crippen molar-refractivity contribution in [2.75, 3.05) is 39.8 Å². The summed E-state index contributed by atoms with van der Waals surface area (Å²) in [7, 11) is 2.15. The molecule has 1 aliphatic carbocycles. The zero-order valence-electron chi connectivity index (χ0n) is 12.7. The van der Waals surface area contributed by atoms with E-state index in [1.165, 1.54) is 12.8 Å². The molecular weight excluding hydrogens is 268 g/mol. The highest BCUT2D eigenvalue weighted by Gasteiger charge is 2.27. The summed E-state index contributed by atoms with van der Waals surface area (Å²) in [4.78, 5) is 16.6. The number of likely N-dealkylation sites (N-methyl/N-ethyl adjacent to an activating group) is 1. The van der Waals surface area contributed by atoms with Crippen molar-refractivity contribution < 1.29 is 13.9 Å². The molecule has 3 rings (SSSR count). The number of morpholine rings is 1. The molecule has 21 heavy (non-hydrogen) atoms. The highest BCUT2D eigenvalue weighted by molar-refractivity contribution is 5.78. The number of carbonyl (C=O) groups is 1. The van der Waals surface area contributed by atoms with E-state index >= 15 is 0 Å². The molecule has 0 radical (unpaired) electrons. The molecule has 1 amide bonds. The molecule has 5 nitrogen and oxygen atoms in total. The fraction of sp³-hybridized carbons (Fsp3) is 0.688. The van der Waals surface area contributed by atoms with Crippen molar-refractivity contribution in [1.82, 2.24) is 9.80 Å². The maximum absolute atomic E-state index is 12.3. The van der Waals surface area contributed by atoms with Crippen LogP contribution in [-0.2, 0) is 16.0 Å². The van der Waals surface area contributed by atoms with Crippen molar-refractivity contribution in [1.29, 1.82) is 0 Å². The van der Waals surface area contributed by atoms with Gasteiger partial charge in [0.2, 0.25) is 5.91 Å². The third-order valence-corrected chi connectivity index (χ3v) is 4.21. The van der Waals surface area contributed by atoms with Gasteiger partial charge in [-0.2, -0.15) is 0 Å². The second-order valence-electron chi connectivity index (χ2n) is 6.31. The van der Waals surface area contributed by atoms with Gasteiger partial charge in [0.25, 0.3) is 0 Å². The van der Waals surface area contributed by atoms with Gasteiger partial charge in [-0.05, 0) is 37.4 Å². The third kappa shape index (κ3) is 4.32. The highest BCUT2D eigenvalue weighted by atomic mass is 16.5. The Morgan fingerprint density at radius 2 is 2.29 bits per heavy atom. The maximum atomic E-state index is 12.3. The summed E-state index contributed by atoms with van der Waals surface area (Å²) in [5, 5.41) is 0. The van der Waals surface area contributed by atoms with E-state index in [9.17, 15) is 4.79 Å². The average Bonchev–Trinajstić information content (AvgIpc) is 3.12. The van der Waals surface area contributed by atoms with Crippen LogP contribution in [0, 0.1) is 5.92 Å². The number of nitrogens with zero attached hydrogens (tertiary/aromatic N) is 2. The summed E-state index contributed by atoms with van der Waals surface area (Å²) in [5.41, 5.74) is 0.939. The molecule has 1 atom stereocenters. The van der Waals surface area contributed by atoms with E-state index in [0.717, 1.165) is 24.6 Å². The van der Waals surface area contributed by atoms with Crippen molar-refractivity contribution in [3.63, 3.8) is 0 Å². The first-order valence-electron chi connectivity index (χ1n) is 7.79. The van der Waals surface area contributed by atoms with Gasteiger partial charge >= 0.3 is 0 Å². The molecule has 2 heterocycles. The average molecular weight is 292 g/mol. The first-order chi connectivity index (χ1) is 10.2. The molecule has 0 unspecified atom stereocenters. The minimum absolute atomic E-state index is 0.135. The molecule has 1 aliphatic heterocycles. The van der Waals surface area contributed by atoms with Gasteiger partial charge in [0.05, 0.1) is 31.7 Å². The van der Waals surface area contributed by atoms with Gasteiger partial charge < -0.3 is 19.0 Å². The summed E-state index contributed by atoms with van der Waals surface area (Å²) >= 11 is 0. The second-order valence-corrected chi connectivity index (χ2v) is 6.31. The SMILES string of the molecule is CN(CC1CC1)C[C@H]1CN(C(=O)Cc2ccoc2)CCO1. The largest absolute Gasteiger partial charge is 0.472 e. The number of furan rings is 1. The molecule has 0 aromatic carbocycles. The van der Waals surface area contributed by atoms with Crippen LogP contribution in [0.2, 0.25) is 0 Å². The van der Waals surface area contributed by atoms with Gasteiger partial charge in [0.1, 0.15) is 0 Å². The molecule has 116 valence electrons. The lowest BCUT2D eigenvalue weighted by molar-refractivity contribution is -0.138. The van der Waals surface area contributed by atoms with E-state index < -0.39 is 0 Å². The van der Waals surface area contributed by atoms with Crippen LogP contribution in [0.25, 0.3) is 0 Å². The first-order valence-corrected chi connectivity index (χ1v) is 7.79. The molecule has 1 aromatic heterocycles. The van der Waals surface area contributed by atoms with Gasteiger partial charge in [-0.1, -0.05) is 0 Å². The molecule has 5 heteroatoms. The Morgan fingerprint density at radius 1 is 1.43 bits per heavy atom. The van der Waals surface area contributed by atoms with Gasteiger partial charge in [-0.3, -0.25) is 4.79 Å². The molecule has 1 aromatic rings. The van der Waals surface area contributed by atoms with Crippen LogP contribution in [0.3, 0.4) is 0 Å². The van der Waals surface area contributed by atoms with Crippen molar-refractivity contribution in [3.8, 4) is 0 Å². The van der Waals surface area contributed by atoms with Crippen molar-refractivity contribution in [3.05, 3.63) is 24.2 Å². The standard InChI is InChI=1S/C16H24N2O3/c1-17(9-13-2-3-13)10-15-11-18(5-7-21-15)16(19)8-14-4-6-20-12-14/h4,6,12-13,15H,2-3,5,7-11H2,1H3/t15-/m0/s1.